The van der Waals surface area contributed by atoms with Gasteiger partial charge in [-0.2, -0.15) is 0 Å². The maximum Gasteiger partial charge on any atom is 0.227 e. The molecule has 2 unspecified atom stereocenters. The third kappa shape index (κ3) is 4.14. The number of sulfone groups is 1. The van der Waals surface area contributed by atoms with E-state index in [4.69, 9.17) is 5.73 Å². The highest BCUT2D eigenvalue weighted by Crippen LogP contribution is 2.42. The number of benzene rings is 1. The maximum atomic E-state index is 12.8. The number of rotatable bonds is 3. The van der Waals surface area contributed by atoms with Crippen LogP contribution in [-0.2, 0) is 14.6 Å². The summed E-state index contributed by atoms with van der Waals surface area (Å²) in [5.74, 6) is 1.48. The molecule has 2 bridgehead atoms. The van der Waals surface area contributed by atoms with Crippen LogP contribution >= 0.6 is 0 Å². The summed E-state index contributed by atoms with van der Waals surface area (Å²) in [6, 6.07) is 8.00. The second kappa shape index (κ2) is 7.43. The monoisotopic (exact) mass is 391 g/mol. The minimum Gasteiger partial charge on any atom is -0.369 e. The molecule has 27 heavy (non-hydrogen) atoms. The molecule has 1 aliphatic heterocycles. The van der Waals surface area contributed by atoms with Gasteiger partial charge in [0, 0.05) is 36.4 Å². The molecule has 3 fully saturated rings. The summed E-state index contributed by atoms with van der Waals surface area (Å²) in [5, 5.41) is 3.09. The second-order valence-corrected chi connectivity index (χ2v) is 10.7. The number of anilines is 2. The molecule has 2 saturated carbocycles. The number of nitrogens with two attached hydrogens (primary N) is 1. The Balaban J connectivity index is 1.40. The van der Waals surface area contributed by atoms with Crippen LogP contribution < -0.4 is 16.0 Å². The Morgan fingerprint density at radius 3 is 2.44 bits per heavy atom. The molecule has 4 rings (SSSR count). The molecule has 2 atom stereocenters. The van der Waals surface area contributed by atoms with Gasteiger partial charge in [-0.15, -0.1) is 0 Å². The molecule has 0 radical (unpaired) electrons. The van der Waals surface area contributed by atoms with Gasteiger partial charge in [-0.25, -0.2) is 8.42 Å². The number of hydrogen-bond donors (Lipinski definition) is 2. The van der Waals surface area contributed by atoms with Crippen molar-refractivity contribution in [3.63, 3.8) is 0 Å². The lowest BCUT2D eigenvalue weighted by atomic mass is 9.65. The molecule has 1 amide bonds. The van der Waals surface area contributed by atoms with Crippen LogP contribution in [0, 0.1) is 17.8 Å². The normalized spacial score (nSPS) is 32.7. The number of amides is 1. The van der Waals surface area contributed by atoms with Crippen LogP contribution in [0.5, 0.6) is 0 Å². The van der Waals surface area contributed by atoms with E-state index in [2.05, 4.69) is 10.2 Å². The van der Waals surface area contributed by atoms with Crippen molar-refractivity contribution in [2.24, 2.45) is 23.5 Å². The fourth-order valence-electron chi connectivity index (χ4n) is 5.00. The number of nitrogens with zero attached hydrogens (tertiary/aromatic N) is 1. The molecule has 2 aliphatic carbocycles. The molecule has 0 spiro atoms. The van der Waals surface area contributed by atoms with E-state index in [9.17, 15) is 13.2 Å². The summed E-state index contributed by atoms with van der Waals surface area (Å²) in [6.07, 6.45) is 5.33. The largest absolute Gasteiger partial charge is 0.369 e. The minimum atomic E-state index is -2.90. The third-order valence-electron chi connectivity index (χ3n) is 6.61. The van der Waals surface area contributed by atoms with Gasteiger partial charge in [0.15, 0.2) is 9.84 Å². The van der Waals surface area contributed by atoms with E-state index in [1.807, 2.05) is 24.3 Å². The Morgan fingerprint density at radius 2 is 1.78 bits per heavy atom. The van der Waals surface area contributed by atoms with Crippen molar-refractivity contribution < 1.29 is 13.2 Å². The van der Waals surface area contributed by atoms with Crippen molar-refractivity contribution in [3.8, 4) is 0 Å². The molecule has 6 nitrogen and oxygen atoms in total. The zero-order valence-corrected chi connectivity index (χ0v) is 16.5. The van der Waals surface area contributed by atoms with Gasteiger partial charge in [0.05, 0.1) is 11.5 Å². The molecule has 1 saturated heterocycles. The molecular weight excluding hydrogens is 362 g/mol. The van der Waals surface area contributed by atoms with Crippen molar-refractivity contribution in [3.05, 3.63) is 24.3 Å². The quantitative estimate of drug-likeness (QED) is 0.822. The highest BCUT2D eigenvalue weighted by atomic mass is 32.2. The minimum absolute atomic E-state index is 0.0453. The van der Waals surface area contributed by atoms with Crippen molar-refractivity contribution in [1.29, 1.82) is 0 Å². The molecule has 3 aliphatic rings. The first-order chi connectivity index (χ1) is 12.9. The number of fused-ring (bicyclic) bond motifs is 2. The van der Waals surface area contributed by atoms with Gasteiger partial charge in [0.1, 0.15) is 0 Å². The fourth-order valence-corrected chi connectivity index (χ4v) is 6.20. The fraction of sp³-hybridized carbons (Fsp3) is 0.650. The third-order valence-corrected chi connectivity index (χ3v) is 8.22. The van der Waals surface area contributed by atoms with Gasteiger partial charge in [-0.3, -0.25) is 4.79 Å². The summed E-state index contributed by atoms with van der Waals surface area (Å²) >= 11 is 0. The SMILES string of the molecule is NC1C2CCCC1CC(C(=O)Nc1cccc(N3CCS(=O)(=O)CC3)c1)C2. The van der Waals surface area contributed by atoms with Crippen LogP contribution in [0.2, 0.25) is 0 Å². The number of carbonyl (C=O) groups is 1. The van der Waals surface area contributed by atoms with Crippen LogP contribution in [0.3, 0.4) is 0 Å². The van der Waals surface area contributed by atoms with Gasteiger partial charge < -0.3 is 16.0 Å². The zero-order chi connectivity index (χ0) is 19.0. The van der Waals surface area contributed by atoms with Crippen molar-refractivity contribution in [2.75, 3.05) is 34.8 Å². The Kier molecular flexibility index (Phi) is 5.16. The first-order valence-corrected chi connectivity index (χ1v) is 11.9. The molecule has 0 aromatic heterocycles. The van der Waals surface area contributed by atoms with Gasteiger partial charge in [-0.05, 0) is 55.7 Å². The van der Waals surface area contributed by atoms with Crippen LogP contribution in [0.4, 0.5) is 11.4 Å². The van der Waals surface area contributed by atoms with Crippen LogP contribution in [0.15, 0.2) is 24.3 Å². The lowest BCUT2D eigenvalue weighted by Gasteiger charge is -2.43. The smallest absolute Gasteiger partial charge is 0.227 e. The van der Waals surface area contributed by atoms with Crippen molar-refractivity contribution in [1.82, 2.24) is 0 Å². The molecule has 1 aromatic rings. The van der Waals surface area contributed by atoms with E-state index in [1.54, 1.807) is 0 Å². The molecule has 7 heteroatoms. The van der Waals surface area contributed by atoms with E-state index < -0.39 is 9.84 Å². The van der Waals surface area contributed by atoms with E-state index >= 15 is 0 Å². The molecule has 1 aromatic carbocycles. The zero-order valence-electron chi connectivity index (χ0n) is 15.6. The summed E-state index contributed by atoms with van der Waals surface area (Å²) < 4.78 is 23.3. The van der Waals surface area contributed by atoms with Crippen molar-refractivity contribution in [2.45, 2.75) is 38.1 Å². The van der Waals surface area contributed by atoms with E-state index in [0.29, 0.717) is 24.9 Å². The summed E-state index contributed by atoms with van der Waals surface area (Å²) in [7, 11) is -2.90. The Labute approximate surface area is 161 Å². The standard InChI is InChI=1S/C20H29N3O3S/c21-19-14-3-1-4-15(19)12-16(11-14)20(24)22-17-5-2-6-18(13-17)23-7-9-27(25,26)10-8-23/h2,5-6,13-16,19H,1,3-4,7-12,21H2,(H,22,24). The van der Waals surface area contributed by atoms with Crippen LogP contribution in [-0.4, -0.2) is 45.0 Å². The van der Waals surface area contributed by atoms with E-state index in [1.165, 1.54) is 6.42 Å². The second-order valence-electron chi connectivity index (χ2n) is 8.38. The topological polar surface area (TPSA) is 92.5 Å². The first-order valence-electron chi connectivity index (χ1n) is 10.0. The predicted octanol–water partition coefficient (Wildman–Crippen LogP) is 2.01. The highest BCUT2D eigenvalue weighted by molar-refractivity contribution is 7.91. The Morgan fingerprint density at radius 1 is 1.11 bits per heavy atom. The van der Waals surface area contributed by atoms with Gasteiger partial charge in [-0.1, -0.05) is 12.5 Å². The van der Waals surface area contributed by atoms with Crippen LogP contribution in [0.1, 0.15) is 32.1 Å². The highest BCUT2D eigenvalue weighted by Gasteiger charge is 2.40. The molecular formula is C20H29N3O3S. The number of nitrogens with one attached hydrogen (secondary N) is 1. The lowest BCUT2D eigenvalue weighted by molar-refractivity contribution is -0.122. The van der Waals surface area contributed by atoms with E-state index in [-0.39, 0.29) is 29.4 Å². The summed E-state index contributed by atoms with van der Waals surface area (Å²) in [4.78, 5) is 14.9. The van der Waals surface area contributed by atoms with Gasteiger partial charge in [0.2, 0.25) is 5.91 Å². The van der Waals surface area contributed by atoms with Crippen LogP contribution in [0.25, 0.3) is 0 Å². The Bertz CT molecular complexity index is 782. The maximum absolute atomic E-state index is 12.8. The van der Waals surface area contributed by atoms with Gasteiger partial charge in [0.25, 0.3) is 0 Å². The predicted molar refractivity (Wildman–Crippen MR) is 107 cm³/mol. The Hall–Kier alpha value is -1.60. The summed E-state index contributed by atoms with van der Waals surface area (Å²) in [6.45, 7) is 1.01. The molecule has 148 valence electrons. The van der Waals surface area contributed by atoms with E-state index in [0.717, 1.165) is 37.1 Å². The average molecular weight is 392 g/mol. The van der Waals surface area contributed by atoms with Gasteiger partial charge >= 0.3 is 0 Å². The van der Waals surface area contributed by atoms with Crippen molar-refractivity contribution >= 4 is 27.1 Å². The first kappa shape index (κ1) is 18.7. The average Bonchev–Trinajstić information content (AvgIpc) is 2.61. The lowest BCUT2D eigenvalue weighted by Crippen LogP contribution is -2.48. The number of hydrogen-bond acceptors (Lipinski definition) is 5. The summed E-state index contributed by atoms with van der Waals surface area (Å²) in [5.41, 5.74) is 8.09. The molecule has 3 N–H and O–H groups in total. The number of carbonyl (C=O) groups excluding carboxylic acids is 1. The molecule has 1 heterocycles.